The minimum Gasteiger partial charge on any atom is -0.383 e. The molecule has 5 nitrogen and oxygen atoms in total. The van der Waals surface area contributed by atoms with Gasteiger partial charge in [-0.25, -0.2) is 10.0 Å². The number of hydrogen-bond donors (Lipinski definition) is 1. The summed E-state index contributed by atoms with van der Waals surface area (Å²) in [6, 6.07) is 2.02. The van der Waals surface area contributed by atoms with Crippen molar-refractivity contribution in [2.45, 2.75) is 19.3 Å². The fourth-order valence-corrected chi connectivity index (χ4v) is 2.47. The Labute approximate surface area is 101 Å². The lowest BCUT2D eigenvalue weighted by atomic mass is 10.1. The van der Waals surface area contributed by atoms with Crippen LogP contribution in [-0.4, -0.2) is 35.6 Å². The molecule has 1 fully saturated rings. The highest BCUT2D eigenvalue weighted by Crippen LogP contribution is 2.26. The average Bonchev–Trinajstić information content (AvgIpc) is 2.41. The molecule has 0 saturated carbocycles. The molecule has 17 heavy (non-hydrogen) atoms. The van der Waals surface area contributed by atoms with Crippen molar-refractivity contribution in [1.82, 2.24) is 9.99 Å². The third-order valence-corrected chi connectivity index (χ3v) is 3.40. The summed E-state index contributed by atoms with van der Waals surface area (Å²) in [5, 5.41) is 4.60. The van der Waals surface area contributed by atoms with Gasteiger partial charge >= 0.3 is 0 Å². The zero-order chi connectivity index (χ0) is 11.7. The van der Waals surface area contributed by atoms with E-state index in [1.807, 2.05) is 12.3 Å². The van der Waals surface area contributed by atoms with E-state index in [1.165, 1.54) is 19.3 Å². The van der Waals surface area contributed by atoms with Crippen LogP contribution in [-0.2, 0) is 0 Å². The van der Waals surface area contributed by atoms with Gasteiger partial charge in [0.25, 0.3) is 0 Å². The number of aromatic nitrogens is 1. The van der Waals surface area contributed by atoms with Gasteiger partial charge in [-0.05, 0) is 18.9 Å². The molecule has 1 saturated heterocycles. The number of piperidine rings is 1. The largest absolute Gasteiger partial charge is 0.383 e. The van der Waals surface area contributed by atoms with E-state index in [-0.39, 0.29) is 0 Å². The maximum Gasteiger partial charge on any atom is 0.131 e. The van der Waals surface area contributed by atoms with E-state index in [2.05, 4.69) is 20.0 Å². The highest BCUT2D eigenvalue weighted by molar-refractivity contribution is 6.03. The monoisotopic (exact) mass is 231 g/mol. The SMILES string of the molecule is NC1=NCN(N2CCCCC2)c2ccncc21. The first kappa shape index (κ1) is 10.5. The number of anilines is 1. The Hall–Kier alpha value is -1.62. The topological polar surface area (TPSA) is 57.8 Å². The first-order chi connectivity index (χ1) is 8.36. The van der Waals surface area contributed by atoms with Gasteiger partial charge in [0.05, 0.1) is 11.3 Å². The summed E-state index contributed by atoms with van der Waals surface area (Å²) in [6.45, 7) is 2.84. The number of nitrogens with two attached hydrogens (primary N) is 1. The zero-order valence-electron chi connectivity index (χ0n) is 9.84. The van der Waals surface area contributed by atoms with E-state index in [9.17, 15) is 0 Å². The summed E-state index contributed by atoms with van der Waals surface area (Å²) in [6.07, 6.45) is 7.46. The molecular formula is C12H17N5. The molecular weight excluding hydrogens is 214 g/mol. The summed E-state index contributed by atoms with van der Waals surface area (Å²) in [7, 11) is 0. The van der Waals surface area contributed by atoms with Crippen LogP contribution < -0.4 is 10.7 Å². The molecule has 3 heterocycles. The highest BCUT2D eigenvalue weighted by atomic mass is 15.6. The van der Waals surface area contributed by atoms with Gasteiger partial charge in [-0.2, -0.15) is 0 Å². The number of nitrogens with zero attached hydrogens (tertiary/aromatic N) is 4. The van der Waals surface area contributed by atoms with Crippen molar-refractivity contribution in [1.29, 1.82) is 0 Å². The van der Waals surface area contributed by atoms with Crippen molar-refractivity contribution in [3.63, 3.8) is 0 Å². The van der Waals surface area contributed by atoms with Crippen LogP contribution in [0.25, 0.3) is 0 Å². The van der Waals surface area contributed by atoms with E-state index in [0.29, 0.717) is 12.5 Å². The van der Waals surface area contributed by atoms with Crippen LogP contribution in [0, 0.1) is 0 Å². The van der Waals surface area contributed by atoms with Crippen molar-refractivity contribution in [3.8, 4) is 0 Å². The molecule has 0 spiro atoms. The summed E-state index contributed by atoms with van der Waals surface area (Å²) in [5.41, 5.74) is 7.99. The van der Waals surface area contributed by atoms with Crippen LogP contribution in [0.2, 0.25) is 0 Å². The van der Waals surface area contributed by atoms with Gasteiger partial charge in [0.2, 0.25) is 0 Å². The van der Waals surface area contributed by atoms with Gasteiger partial charge in [0.1, 0.15) is 12.5 Å². The molecule has 90 valence electrons. The molecule has 2 N–H and O–H groups in total. The second kappa shape index (κ2) is 4.33. The van der Waals surface area contributed by atoms with Gasteiger partial charge in [-0.3, -0.25) is 9.99 Å². The molecule has 3 rings (SSSR count). The maximum absolute atomic E-state index is 5.90. The summed E-state index contributed by atoms with van der Waals surface area (Å²) in [4.78, 5) is 8.49. The van der Waals surface area contributed by atoms with Crippen molar-refractivity contribution >= 4 is 11.5 Å². The second-order valence-corrected chi connectivity index (χ2v) is 4.49. The zero-order valence-corrected chi connectivity index (χ0v) is 9.84. The molecule has 0 atom stereocenters. The van der Waals surface area contributed by atoms with E-state index in [1.54, 1.807) is 6.20 Å². The standard InChI is InChI=1S/C12H17N5/c13-12-10-8-14-5-4-11(10)17(9-15-12)16-6-2-1-3-7-16/h4-5,8H,1-3,6-7,9H2,(H2,13,15). The van der Waals surface area contributed by atoms with Crippen LogP contribution in [0.1, 0.15) is 24.8 Å². The van der Waals surface area contributed by atoms with E-state index < -0.39 is 0 Å². The lowest BCUT2D eigenvalue weighted by molar-refractivity contribution is 0.208. The van der Waals surface area contributed by atoms with Gasteiger partial charge in [-0.1, -0.05) is 6.42 Å². The molecule has 0 aromatic carbocycles. The summed E-state index contributed by atoms with van der Waals surface area (Å²) < 4.78 is 0. The Morgan fingerprint density at radius 1 is 1.18 bits per heavy atom. The Bertz CT molecular complexity index is 436. The number of hydrogen-bond acceptors (Lipinski definition) is 5. The Balaban J connectivity index is 1.92. The fourth-order valence-electron chi connectivity index (χ4n) is 2.47. The third-order valence-electron chi connectivity index (χ3n) is 3.40. The van der Waals surface area contributed by atoms with Crippen LogP contribution in [0.3, 0.4) is 0 Å². The van der Waals surface area contributed by atoms with Crippen molar-refractivity contribution < 1.29 is 0 Å². The molecule has 2 aliphatic rings. The fraction of sp³-hybridized carbons (Fsp3) is 0.500. The van der Waals surface area contributed by atoms with Crippen LogP contribution in [0.5, 0.6) is 0 Å². The highest BCUT2D eigenvalue weighted by Gasteiger charge is 2.24. The molecule has 1 aromatic heterocycles. The lowest BCUT2D eigenvalue weighted by Gasteiger charge is -2.40. The molecule has 0 bridgehead atoms. The minimum atomic E-state index is 0.598. The average molecular weight is 231 g/mol. The lowest BCUT2D eigenvalue weighted by Crippen LogP contribution is -2.48. The second-order valence-electron chi connectivity index (χ2n) is 4.49. The Kier molecular flexibility index (Phi) is 2.68. The molecule has 0 amide bonds. The number of fused-ring (bicyclic) bond motifs is 1. The molecule has 2 aliphatic heterocycles. The quantitative estimate of drug-likeness (QED) is 0.782. The van der Waals surface area contributed by atoms with E-state index in [0.717, 1.165) is 24.3 Å². The first-order valence-electron chi connectivity index (χ1n) is 6.13. The van der Waals surface area contributed by atoms with Crippen molar-refractivity contribution in [2.75, 3.05) is 24.8 Å². The van der Waals surface area contributed by atoms with Crippen LogP contribution in [0.15, 0.2) is 23.5 Å². The van der Waals surface area contributed by atoms with Gasteiger partial charge < -0.3 is 5.73 Å². The number of pyridine rings is 1. The van der Waals surface area contributed by atoms with Gasteiger partial charge in [-0.15, -0.1) is 0 Å². The molecule has 5 heteroatoms. The summed E-state index contributed by atoms with van der Waals surface area (Å²) >= 11 is 0. The van der Waals surface area contributed by atoms with Gasteiger partial charge in [0, 0.05) is 25.5 Å². The van der Waals surface area contributed by atoms with E-state index in [4.69, 9.17) is 5.73 Å². The maximum atomic E-state index is 5.90. The normalized spacial score (nSPS) is 20.9. The first-order valence-corrected chi connectivity index (χ1v) is 6.13. The van der Waals surface area contributed by atoms with E-state index >= 15 is 0 Å². The predicted molar refractivity (Wildman–Crippen MR) is 67.7 cm³/mol. The van der Waals surface area contributed by atoms with Crippen LogP contribution in [0.4, 0.5) is 5.69 Å². The minimum absolute atomic E-state index is 0.598. The van der Waals surface area contributed by atoms with Crippen molar-refractivity contribution in [3.05, 3.63) is 24.0 Å². The molecule has 0 aliphatic carbocycles. The number of aliphatic imine (C=N–C) groups is 1. The molecule has 0 radical (unpaired) electrons. The number of rotatable bonds is 1. The smallest absolute Gasteiger partial charge is 0.131 e. The summed E-state index contributed by atoms with van der Waals surface area (Å²) in [5.74, 6) is 0.598. The number of hydrazine groups is 1. The molecule has 0 unspecified atom stereocenters. The predicted octanol–water partition coefficient (Wildman–Crippen LogP) is 0.965. The Morgan fingerprint density at radius 3 is 2.82 bits per heavy atom. The number of amidine groups is 1. The third kappa shape index (κ3) is 1.86. The Morgan fingerprint density at radius 2 is 2.00 bits per heavy atom. The van der Waals surface area contributed by atoms with Gasteiger partial charge in [0.15, 0.2) is 0 Å². The van der Waals surface area contributed by atoms with Crippen molar-refractivity contribution in [2.24, 2.45) is 10.7 Å². The molecule has 1 aromatic rings. The van der Waals surface area contributed by atoms with Crippen LogP contribution >= 0.6 is 0 Å².